The van der Waals surface area contributed by atoms with Gasteiger partial charge in [0.05, 0.1) is 27.3 Å². The van der Waals surface area contributed by atoms with E-state index in [-0.39, 0.29) is 39.4 Å². The standard InChI is InChI=1S/C26H18N4O8/c1-13-6-7-18(30(37)38)12-21(13)28-29-22-19-5-3-2-4-14(19)11-20(23(22)31)24(32)27-17-9-15(25(33)34)8-16(10-17)26(35)36/h2-12,31H,1H3,(H,27,32)(H,33,34)(H,35,36). The van der Waals surface area contributed by atoms with E-state index in [4.69, 9.17) is 0 Å². The summed E-state index contributed by atoms with van der Waals surface area (Å²) < 4.78 is 0. The molecule has 12 heteroatoms. The number of nitro benzene ring substituents is 1. The number of aromatic hydroxyl groups is 1. The zero-order chi connectivity index (χ0) is 27.6. The van der Waals surface area contributed by atoms with E-state index in [1.807, 2.05) is 0 Å². The van der Waals surface area contributed by atoms with E-state index < -0.39 is 28.5 Å². The smallest absolute Gasteiger partial charge is 0.335 e. The lowest BCUT2D eigenvalue weighted by Crippen LogP contribution is -2.14. The Balaban J connectivity index is 1.79. The van der Waals surface area contributed by atoms with Gasteiger partial charge in [0.15, 0.2) is 5.75 Å². The largest absolute Gasteiger partial charge is 0.505 e. The number of phenolic OH excluding ortho intramolecular Hbond substituents is 1. The van der Waals surface area contributed by atoms with Gasteiger partial charge in [0.2, 0.25) is 0 Å². The average molecular weight is 514 g/mol. The zero-order valence-electron chi connectivity index (χ0n) is 19.6. The second kappa shape index (κ2) is 10.1. The fraction of sp³-hybridized carbons (Fsp3) is 0.0385. The lowest BCUT2D eigenvalue weighted by molar-refractivity contribution is -0.384. The van der Waals surface area contributed by atoms with Gasteiger partial charge in [-0.15, -0.1) is 10.2 Å². The average Bonchev–Trinajstić information content (AvgIpc) is 2.88. The summed E-state index contributed by atoms with van der Waals surface area (Å²) in [5.74, 6) is -4.21. The van der Waals surface area contributed by atoms with Crippen molar-refractivity contribution >= 4 is 51.4 Å². The minimum absolute atomic E-state index is 0.0790. The normalized spacial score (nSPS) is 11.0. The van der Waals surface area contributed by atoms with Crippen molar-refractivity contribution in [2.45, 2.75) is 6.92 Å². The summed E-state index contributed by atoms with van der Waals surface area (Å²) in [4.78, 5) is 46.5. The van der Waals surface area contributed by atoms with Crippen LogP contribution in [0.15, 0.2) is 77.0 Å². The van der Waals surface area contributed by atoms with Gasteiger partial charge in [-0.05, 0) is 42.1 Å². The Kier molecular flexibility index (Phi) is 6.79. The number of anilines is 1. The number of nitro groups is 1. The molecule has 0 aliphatic heterocycles. The number of azo groups is 1. The molecule has 0 aromatic heterocycles. The SMILES string of the molecule is Cc1ccc([N+](=O)[O-])cc1N=Nc1c(O)c(C(=O)Nc2cc(C(=O)O)cc(C(=O)O)c2)cc2ccccc12. The molecule has 0 fully saturated rings. The van der Waals surface area contributed by atoms with Crippen LogP contribution in [0.4, 0.5) is 22.7 Å². The topological polar surface area (TPSA) is 192 Å². The first-order valence-electron chi connectivity index (χ1n) is 10.9. The molecule has 12 nitrogen and oxygen atoms in total. The van der Waals surface area contributed by atoms with E-state index in [2.05, 4.69) is 15.5 Å². The summed E-state index contributed by atoms with van der Waals surface area (Å²) in [6.07, 6.45) is 0. The van der Waals surface area contributed by atoms with Crippen LogP contribution in [-0.4, -0.2) is 38.1 Å². The maximum atomic E-state index is 13.1. The van der Waals surface area contributed by atoms with Crippen LogP contribution in [-0.2, 0) is 0 Å². The van der Waals surface area contributed by atoms with E-state index >= 15 is 0 Å². The molecule has 0 radical (unpaired) electrons. The molecule has 0 spiro atoms. The van der Waals surface area contributed by atoms with Crippen LogP contribution >= 0.6 is 0 Å². The Bertz CT molecular complexity index is 1650. The van der Waals surface area contributed by atoms with Crippen LogP contribution in [0.1, 0.15) is 36.6 Å². The lowest BCUT2D eigenvalue weighted by atomic mass is 10.0. The van der Waals surface area contributed by atoms with Crippen LogP contribution in [0.2, 0.25) is 0 Å². The summed E-state index contributed by atoms with van der Waals surface area (Å²) in [7, 11) is 0. The molecule has 0 atom stereocenters. The maximum Gasteiger partial charge on any atom is 0.335 e. The van der Waals surface area contributed by atoms with E-state index in [9.17, 15) is 39.8 Å². The van der Waals surface area contributed by atoms with Crippen LogP contribution in [0.25, 0.3) is 10.8 Å². The molecule has 190 valence electrons. The Morgan fingerprint density at radius 3 is 2.18 bits per heavy atom. The lowest BCUT2D eigenvalue weighted by Gasteiger charge is -2.12. The monoisotopic (exact) mass is 514 g/mol. The molecule has 4 aromatic rings. The molecule has 1 amide bonds. The number of phenols is 1. The molecule has 0 saturated heterocycles. The fourth-order valence-electron chi connectivity index (χ4n) is 3.66. The van der Waals surface area contributed by atoms with E-state index in [0.717, 1.165) is 18.2 Å². The summed E-state index contributed by atoms with van der Waals surface area (Å²) in [6.45, 7) is 1.68. The minimum atomic E-state index is -1.39. The number of carbonyl (C=O) groups excluding carboxylic acids is 1. The van der Waals surface area contributed by atoms with E-state index in [1.54, 1.807) is 31.2 Å². The van der Waals surface area contributed by atoms with Crippen LogP contribution in [0.5, 0.6) is 5.75 Å². The Morgan fingerprint density at radius 2 is 1.55 bits per heavy atom. The minimum Gasteiger partial charge on any atom is -0.505 e. The predicted octanol–water partition coefficient (Wildman–Crippen LogP) is 5.83. The van der Waals surface area contributed by atoms with Gasteiger partial charge in [-0.2, -0.15) is 0 Å². The molecule has 0 saturated carbocycles. The molecule has 4 aromatic carbocycles. The number of amides is 1. The number of nitrogens with one attached hydrogen (secondary N) is 1. The Labute approximate surface area is 213 Å². The summed E-state index contributed by atoms with van der Waals surface area (Å²) >= 11 is 0. The number of hydrogen-bond donors (Lipinski definition) is 4. The molecule has 0 heterocycles. The number of carboxylic acid groups (broad SMARTS) is 2. The van der Waals surface area contributed by atoms with Gasteiger partial charge in [-0.25, -0.2) is 9.59 Å². The van der Waals surface area contributed by atoms with Crippen molar-refractivity contribution in [3.63, 3.8) is 0 Å². The summed E-state index contributed by atoms with van der Waals surface area (Å²) in [6, 6.07) is 15.2. The van der Waals surface area contributed by atoms with Gasteiger partial charge in [-0.3, -0.25) is 14.9 Å². The predicted molar refractivity (Wildman–Crippen MR) is 136 cm³/mol. The first-order valence-corrected chi connectivity index (χ1v) is 10.9. The number of fused-ring (bicyclic) bond motifs is 1. The van der Waals surface area contributed by atoms with Crippen molar-refractivity contribution < 1.29 is 34.6 Å². The van der Waals surface area contributed by atoms with Crippen LogP contribution < -0.4 is 5.32 Å². The van der Waals surface area contributed by atoms with Crippen molar-refractivity contribution in [2.24, 2.45) is 10.2 Å². The number of aryl methyl sites for hydroxylation is 1. The van der Waals surface area contributed by atoms with Crippen molar-refractivity contribution in [1.29, 1.82) is 0 Å². The van der Waals surface area contributed by atoms with Crippen LogP contribution in [0.3, 0.4) is 0 Å². The number of carbonyl (C=O) groups is 3. The third-order valence-electron chi connectivity index (χ3n) is 5.59. The maximum absolute atomic E-state index is 13.1. The van der Waals surface area contributed by atoms with Crippen molar-refractivity contribution in [1.82, 2.24) is 0 Å². The fourth-order valence-corrected chi connectivity index (χ4v) is 3.66. The molecule has 4 N–H and O–H groups in total. The summed E-state index contributed by atoms with van der Waals surface area (Å²) in [5.41, 5.74) is -0.578. The molecule has 0 bridgehead atoms. The van der Waals surface area contributed by atoms with Crippen molar-refractivity contribution in [2.75, 3.05) is 5.32 Å². The van der Waals surface area contributed by atoms with Crippen molar-refractivity contribution in [3.8, 4) is 5.75 Å². The van der Waals surface area contributed by atoms with Gasteiger partial charge < -0.3 is 20.6 Å². The Hall–Kier alpha value is -5.65. The molecular formula is C26H18N4O8. The third-order valence-corrected chi connectivity index (χ3v) is 5.59. The number of aromatic carboxylic acids is 2. The van der Waals surface area contributed by atoms with E-state index in [1.165, 1.54) is 24.3 Å². The molecule has 4 rings (SSSR count). The number of rotatable bonds is 7. The number of hydrogen-bond acceptors (Lipinski definition) is 8. The highest BCUT2D eigenvalue weighted by Gasteiger charge is 2.20. The molecule has 0 aliphatic rings. The summed E-state index contributed by atoms with van der Waals surface area (Å²) in [5, 5.41) is 52.2. The first kappa shape index (κ1) is 25.4. The highest BCUT2D eigenvalue weighted by atomic mass is 16.6. The third kappa shape index (κ3) is 5.14. The highest BCUT2D eigenvalue weighted by Crippen LogP contribution is 2.40. The van der Waals surface area contributed by atoms with Gasteiger partial charge >= 0.3 is 11.9 Å². The van der Waals surface area contributed by atoms with Gasteiger partial charge in [-0.1, -0.05) is 30.3 Å². The molecular weight excluding hydrogens is 496 g/mol. The van der Waals surface area contributed by atoms with Gasteiger partial charge in [0.1, 0.15) is 5.69 Å². The molecule has 0 unspecified atom stereocenters. The number of benzene rings is 4. The Morgan fingerprint density at radius 1 is 0.895 bits per heavy atom. The van der Waals surface area contributed by atoms with Crippen LogP contribution in [0, 0.1) is 17.0 Å². The van der Waals surface area contributed by atoms with Gasteiger partial charge in [0.25, 0.3) is 11.6 Å². The second-order valence-electron chi connectivity index (χ2n) is 8.13. The quantitative estimate of drug-likeness (QED) is 0.134. The second-order valence-corrected chi connectivity index (χ2v) is 8.13. The molecule has 38 heavy (non-hydrogen) atoms. The number of carboxylic acids is 2. The molecule has 0 aliphatic carbocycles. The zero-order valence-corrected chi connectivity index (χ0v) is 19.6. The number of nitrogens with zero attached hydrogens (tertiary/aromatic N) is 3. The highest BCUT2D eigenvalue weighted by molar-refractivity contribution is 6.12. The first-order chi connectivity index (χ1) is 18.0. The van der Waals surface area contributed by atoms with Crippen molar-refractivity contribution in [3.05, 3.63) is 99.1 Å². The van der Waals surface area contributed by atoms with E-state index in [0.29, 0.717) is 16.3 Å². The van der Waals surface area contributed by atoms with Gasteiger partial charge in [0, 0.05) is 23.2 Å². The number of non-ortho nitro benzene ring substituents is 1.